The molecular formula is C14H17N3O4S2. The maximum absolute atomic E-state index is 12.0. The fourth-order valence-corrected chi connectivity index (χ4v) is 3.50. The van der Waals surface area contributed by atoms with Crippen LogP contribution >= 0.6 is 23.1 Å². The maximum Gasteiger partial charge on any atom is 0.308 e. The molecule has 124 valence electrons. The number of fused-ring (bicyclic) bond motifs is 1. The molecule has 0 saturated carbocycles. The van der Waals surface area contributed by atoms with E-state index in [1.54, 1.807) is 25.5 Å². The number of hydrogen-bond acceptors (Lipinski definition) is 6. The van der Waals surface area contributed by atoms with Gasteiger partial charge in [-0.15, -0.1) is 23.1 Å². The summed E-state index contributed by atoms with van der Waals surface area (Å²) in [6, 6.07) is 1.47. The molecule has 1 unspecified atom stereocenters. The van der Waals surface area contributed by atoms with Gasteiger partial charge in [0.1, 0.15) is 0 Å². The Labute approximate surface area is 141 Å². The lowest BCUT2D eigenvalue weighted by molar-refractivity contribution is -0.142. The van der Waals surface area contributed by atoms with Crippen molar-refractivity contribution in [3.8, 4) is 0 Å². The highest BCUT2D eigenvalue weighted by Gasteiger charge is 2.17. The molecule has 1 atom stereocenters. The minimum Gasteiger partial charge on any atom is -0.481 e. The van der Waals surface area contributed by atoms with Gasteiger partial charge in [-0.3, -0.25) is 18.8 Å². The standard InChI is InChI=1S/C14H17N3O4S2/c1-9(13(20)21)6-16(2)12(19)8-22-7-10-5-11(18)17-3-4-23-14(17)15-10/h3-5,9H,6-8H2,1-2H3,(H,20,21). The van der Waals surface area contributed by atoms with Gasteiger partial charge in [-0.25, -0.2) is 4.98 Å². The predicted octanol–water partition coefficient (Wildman–Crippen LogP) is 1.17. The Hall–Kier alpha value is -1.87. The molecule has 2 aromatic rings. The second-order valence-electron chi connectivity index (χ2n) is 5.15. The first-order valence-corrected chi connectivity index (χ1v) is 8.92. The van der Waals surface area contributed by atoms with E-state index < -0.39 is 11.9 Å². The topological polar surface area (TPSA) is 92.0 Å². The van der Waals surface area contributed by atoms with Crippen LogP contribution in [0.2, 0.25) is 0 Å². The first kappa shape index (κ1) is 17.5. The molecule has 2 rings (SSSR count). The van der Waals surface area contributed by atoms with E-state index in [4.69, 9.17) is 5.11 Å². The molecule has 0 aliphatic carbocycles. The first-order chi connectivity index (χ1) is 10.9. The van der Waals surface area contributed by atoms with Gasteiger partial charge in [0.25, 0.3) is 5.56 Å². The van der Waals surface area contributed by atoms with E-state index in [1.807, 2.05) is 0 Å². The highest BCUT2D eigenvalue weighted by atomic mass is 32.2. The van der Waals surface area contributed by atoms with Gasteiger partial charge in [-0.1, -0.05) is 6.92 Å². The van der Waals surface area contributed by atoms with Crippen molar-refractivity contribution in [3.63, 3.8) is 0 Å². The summed E-state index contributed by atoms with van der Waals surface area (Å²) in [4.78, 5) is 41.0. The maximum atomic E-state index is 12.0. The van der Waals surface area contributed by atoms with Crippen molar-refractivity contribution in [2.24, 2.45) is 5.92 Å². The summed E-state index contributed by atoms with van der Waals surface area (Å²) in [6.45, 7) is 1.74. The molecule has 0 saturated heterocycles. The third-order valence-electron chi connectivity index (χ3n) is 3.23. The second-order valence-corrected chi connectivity index (χ2v) is 7.01. The lowest BCUT2D eigenvalue weighted by Gasteiger charge is -2.19. The molecule has 7 nitrogen and oxygen atoms in total. The van der Waals surface area contributed by atoms with Gasteiger partial charge >= 0.3 is 5.97 Å². The number of carboxylic acids is 1. The van der Waals surface area contributed by atoms with Crippen LogP contribution in [0.3, 0.4) is 0 Å². The number of carboxylic acid groups (broad SMARTS) is 1. The van der Waals surface area contributed by atoms with Crippen LogP contribution in [0.5, 0.6) is 0 Å². The minimum absolute atomic E-state index is 0.134. The number of rotatable bonds is 7. The number of nitrogens with zero attached hydrogens (tertiary/aromatic N) is 3. The number of amides is 1. The van der Waals surface area contributed by atoms with Crippen molar-refractivity contribution >= 4 is 39.9 Å². The molecular weight excluding hydrogens is 338 g/mol. The summed E-state index contributed by atoms with van der Waals surface area (Å²) in [5, 5.41) is 10.6. The average molecular weight is 355 g/mol. The summed E-state index contributed by atoms with van der Waals surface area (Å²) < 4.78 is 1.48. The third-order valence-corrected chi connectivity index (χ3v) is 4.93. The van der Waals surface area contributed by atoms with Crippen LogP contribution in [0.25, 0.3) is 4.96 Å². The fraction of sp³-hybridized carbons (Fsp3) is 0.429. The Morgan fingerprint density at radius 3 is 2.96 bits per heavy atom. The summed E-state index contributed by atoms with van der Waals surface area (Å²) >= 11 is 2.74. The van der Waals surface area contributed by atoms with E-state index in [0.29, 0.717) is 16.4 Å². The van der Waals surface area contributed by atoms with E-state index in [2.05, 4.69) is 4.98 Å². The Morgan fingerprint density at radius 2 is 2.26 bits per heavy atom. The number of carbonyl (C=O) groups is 2. The lowest BCUT2D eigenvalue weighted by atomic mass is 10.2. The number of carbonyl (C=O) groups excluding carboxylic acids is 1. The normalized spacial score (nSPS) is 12.3. The van der Waals surface area contributed by atoms with Gasteiger partial charge in [-0.05, 0) is 0 Å². The van der Waals surface area contributed by atoms with Crippen molar-refractivity contribution in [3.05, 3.63) is 33.7 Å². The van der Waals surface area contributed by atoms with E-state index in [0.717, 1.165) is 0 Å². The van der Waals surface area contributed by atoms with E-state index >= 15 is 0 Å². The molecule has 0 aliphatic rings. The molecule has 9 heteroatoms. The fourth-order valence-electron chi connectivity index (χ4n) is 1.91. The lowest BCUT2D eigenvalue weighted by Crippen LogP contribution is -2.34. The number of aliphatic carboxylic acids is 1. The summed E-state index contributed by atoms with van der Waals surface area (Å²) in [5.41, 5.74) is 0.502. The number of thiazole rings is 1. The zero-order valence-electron chi connectivity index (χ0n) is 12.8. The Balaban J connectivity index is 1.87. The van der Waals surface area contributed by atoms with E-state index in [-0.39, 0.29) is 23.8 Å². The van der Waals surface area contributed by atoms with Gasteiger partial charge in [0.15, 0.2) is 4.96 Å². The van der Waals surface area contributed by atoms with Crippen molar-refractivity contribution in [2.75, 3.05) is 19.3 Å². The number of aromatic nitrogens is 2. The zero-order chi connectivity index (χ0) is 17.0. The molecule has 0 aliphatic heterocycles. The molecule has 0 bridgehead atoms. The Kier molecular flexibility index (Phi) is 5.78. The minimum atomic E-state index is -0.925. The van der Waals surface area contributed by atoms with Crippen molar-refractivity contribution in [1.82, 2.24) is 14.3 Å². The van der Waals surface area contributed by atoms with Crippen LogP contribution in [-0.4, -0.2) is 50.6 Å². The van der Waals surface area contributed by atoms with Crippen molar-refractivity contribution in [1.29, 1.82) is 0 Å². The Bertz CT molecular complexity index is 771. The van der Waals surface area contributed by atoms with Crippen LogP contribution in [0.15, 0.2) is 22.4 Å². The first-order valence-electron chi connectivity index (χ1n) is 6.88. The van der Waals surface area contributed by atoms with Crippen LogP contribution in [0.4, 0.5) is 0 Å². The van der Waals surface area contributed by atoms with Gasteiger partial charge < -0.3 is 10.0 Å². The average Bonchev–Trinajstić information content (AvgIpc) is 2.95. The zero-order valence-corrected chi connectivity index (χ0v) is 14.4. The molecule has 1 N–H and O–H groups in total. The van der Waals surface area contributed by atoms with Crippen LogP contribution in [0, 0.1) is 5.92 Å². The highest BCUT2D eigenvalue weighted by Crippen LogP contribution is 2.13. The Morgan fingerprint density at radius 1 is 1.52 bits per heavy atom. The largest absolute Gasteiger partial charge is 0.481 e. The molecule has 0 spiro atoms. The number of hydrogen-bond donors (Lipinski definition) is 1. The SMILES string of the molecule is CC(CN(C)C(=O)CSCc1cc(=O)n2ccsc2n1)C(=O)O. The predicted molar refractivity (Wildman–Crippen MR) is 89.9 cm³/mol. The summed E-state index contributed by atoms with van der Waals surface area (Å²) in [5.74, 6) is -0.994. The molecule has 0 fully saturated rings. The van der Waals surface area contributed by atoms with Gasteiger partial charge in [0.05, 0.1) is 17.4 Å². The molecule has 23 heavy (non-hydrogen) atoms. The number of thioether (sulfide) groups is 1. The molecule has 0 radical (unpaired) electrons. The monoisotopic (exact) mass is 355 g/mol. The summed E-state index contributed by atoms with van der Waals surface area (Å²) in [6.07, 6.45) is 1.67. The smallest absolute Gasteiger partial charge is 0.308 e. The van der Waals surface area contributed by atoms with Crippen LogP contribution in [0.1, 0.15) is 12.6 Å². The molecule has 1 amide bonds. The van der Waals surface area contributed by atoms with E-state index in [1.165, 1.54) is 38.5 Å². The van der Waals surface area contributed by atoms with Crippen molar-refractivity contribution < 1.29 is 14.7 Å². The van der Waals surface area contributed by atoms with Crippen molar-refractivity contribution in [2.45, 2.75) is 12.7 Å². The third kappa shape index (κ3) is 4.55. The quantitative estimate of drug-likeness (QED) is 0.801. The van der Waals surface area contributed by atoms with Gasteiger partial charge in [0.2, 0.25) is 5.91 Å². The van der Waals surface area contributed by atoms with Gasteiger partial charge in [0, 0.05) is 37.0 Å². The highest BCUT2D eigenvalue weighted by molar-refractivity contribution is 7.99. The van der Waals surface area contributed by atoms with Gasteiger partial charge in [-0.2, -0.15) is 0 Å². The second kappa shape index (κ2) is 7.60. The molecule has 2 aromatic heterocycles. The molecule has 2 heterocycles. The van der Waals surface area contributed by atoms with E-state index in [9.17, 15) is 14.4 Å². The van der Waals surface area contributed by atoms with Crippen LogP contribution < -0.4 is 5.56 Å². The summed E-state index contributed by atoms with van der Waals surface area (Å²) in [7, 11) is 1.59. The van der Waals surface area contributed by atoms with Crippen LogP contribution in [-0.2, 0) is 15.3 Å². The molecule has 0 aromatic carbocycles.